The second-order valence-electron chi connectivity index (χ2n) is 8.95. The lowest BCUT2D eigenvalue weighted by molar-refractivity contribution is 0.0139. The molecule has 7 nitrogen and oxygen atoms in total. The van der Waals surface area contributed by atoms with E-state index >= 15 is 0 Å². The first kappa shape index (κ1) is 21.2. The number of aromatic nitrogens is 2. The molecule has 1 aliphatic heterocycles. The molecule has 1 amide bonds. The number of methoxy groups -OCH3 is 1. The van der Waals surface area contributed by atoms with E-state index < -0.39 is 5.60 Å². The average molecular weight is 423 g/mol. The van der Waals surface area contributed by atoms with E-state index in [4.69, 9.17) is 9.47 Å². The maximum atomic E-state index is 12.3. The van der Waals surface area contributed by atoms with Crippen LogP contribution in [0.15, 0.2) is 42.6 Å². The van der Waals surface area contributed by atoms with Crippen LogP contribution in [0.25, 0.3) is 22.0 Å². The van der Waals surface area contributed by atoms with Crippen molar-refractivity contribution in [2.45, 2.75) is 32.9 Å². The molecule has 31 heavy (non-hydrogen) atoms. The summed E-state index contributed by atoms with van der Waals surface area (Å²) < 4.78 is 11.2. The van der Waals surface area contributed by atoms with E-state index in [9.17, 15) is 4.79 Å². The molecule has 0 aliphatic carbocycles. The molecule has 0 spiro atoms. The summed E-state index contributed by atoms with van der Waals surface area (Å²) in [6.07, 6.45) is 1.60. The van der Waals surface area contributed by atoms with Gasteiger partial charge in [-0.2, -0.15) is 5.10 Å². The number of ether oxygens (including phenoxy) is 2. The second kappa shape index (κ2) is 8.59. The van der Waals surface area contributed by atoms with E-state index in [1.807, 2.05) is 33.0 Å². The van der Waals surface area contributed by atoms with Gasteiger partial charge in [-0.25, -0.2) is 4.79 Å². The van der Waals surface area contributed by atoms with Crippen molar-refractivity contribution in [1.29, 1.82) is 0 Å². The molecule has 0 atom stereocenters. The first-order valence-electron chi connectivity index (χ1n) is 10.6. The van der Waals surface area contributed by atoms with Gasteiger partial charge in [-0.05, 0) is 50.1 Å². The van der Waals surface area contributed by atoms with Crippen molar-refractivity contribution in [3.05, 3.63) is 48.2 Å². The highest BCUT2D eigenvalue weighted by molar-refractivity contribution is 5.85. The molecule has 7 heteroatoms. The number of benzene rings is 2. The monoisotopic (exact) mass is 422 g/mol. The van der Waals surface area contributed by atoms with Gasteiger partial charge in [0.05, 0.1) is 18.8 Å². The number of fused-ring (bicyclic) bond motifs is 1. The van der Waals surface area contributed by atoms with Gasteiger partial charge in [-0.1, -0.05) is 18.2 Å². The topological polar surface area (TPSA) is 70.7 Å². The third-order valence-electron chi connectivity index (χ3n) is 5.45. The fourth-order valence-electron chi connectivity index (χ4n) is 3.86. The Hall–Kier alpha value is -3.06. The molecule has 0 saturated carbocycles. The number of carbonyl (C=O) groups is 1. The average Bonchev–Trinajstić information content (AvgIpc) is 3.21. The number of rotatable bonds is 4. The lowest BCUT2D eigenvalue weighted by Gasteiger charge is -2.35. The van der Waals surface area contributed by atoms with Crippen LogP contribution in [0.5, 0.6) is 5.75 Å². The van der Waals surface area contributed by atoms with Crippen LogP contribution in [0.1, 0.15) is 26.3 Å². The zero-order chi connectivity index (χ0) is 22.0. The highest BCUT2D eigenvalue weighted by Gasteiger charge is 2.26. The molecule has 1 fully saturated rings. The molecule has 0 unspecified atom stereocenters. The molecule has 1 saturated heterocycles. The summed E-state index contributed by atoms with van der Waals surface area (Å²) in [5.74, 6) is 0.854. The molecular formula is C24H30N4O3. The number of hydrogen-bond acceptors (Lipinski definition) is 5. The predicted octanol–water partition coefficient (Wildman–Crippen LogP) is 4.29. The van der Waals surface area contributed by atoms with Gasteiger partial charge in [0, 0.05) is 43.7 Å². The van der Waals surface area contributed by atoms with Crippen LogP contribution in [0.4, 0.5) is 4.79 Å². The Kier molecular flexibility index (Phi) is 5.87. The summed E-state index contributed by atoms with van der Waals surface area (Å²) in [7, 11) is 1.71. The van der Waals surface area contributed by atoms with Crippen LogP contribution in [0.2, 0.25) is 0 Å². The first-order valence-corrected chi connectivity index (χ1v) is 10.6. The number of aromatic amines is 1. The van der Waals surface area contributed by atoms with Crippen molar-refractivity contribution in [2.24, 2.45) is 0 Å². The molecule has 3 aromatic rings. The van der Waals surface area contributed by atoms with Gasteiger partial charge in [-0.15, -0.1) is 0 Å². The van der Waals surface area contributed by atoms with Crippen molar-refractivity contribution in [1.82, 2.24) is 20.0 Å². The van der Waals surface area contributed by atoms with Crippen LogP contribution in [0.3, 0.4) is 0 Å². The third kappa shape index (κ3) is 4.99. The number of amides is 1. The van der Waals surface area contributed by atoms with Gasteiger partial charge in [-0.3, -0.25) is 10.00 Å². The molecule has 0 radical (unpaired) electrons. The zero-order valence-electron chi connectivity index (χ0n) is 18.6. The smallest absolute Gasteiger partial charge is 0.410 e. The van der Waals surface area contributed by atoms with E-state index in [-0.39, 0.29) is 6.09 Å². The summed E-state index contributed by atoms with van der Waals surface area (Å²) in [6, 6.07) is 12.6. The number of hydrogen-bond donors (Lipinski definition) is 1. The Balaban J connectivity index is 1.41. The number of piperazine rings is 1. The van der Waals surface area contributed by atoms with Crippen molar-refractivity contribution in [2.75, 3.05) is 33.3 Å². The predicted molar refractivity (Wildman–Crippen MR) is 121 cm³/mol. The fraction of sp³-hybridized carbons (Fsp3) is 0.417. The van der Waals surface area contributed by atoms with Crippen molar-refractivity contribution < 1.29 is 14.3 Å². The van der Waals surface area contributed by atoms with Gasteiger partial charge in [0.25, 0.3) is 0 Å². The van der Waals surface area contributed by atoms with Crippen molar-refractivity contribution >= 4 is 17.0 Å². The number of nitrogens with one attached hydrogen (secondary N) is 1. The highest BCUT2D eigenvalue weighted by Crippen LogP contribution is 2.33. The quantitative estimate of drug-likeness (QED) is 0.679. The minimum absolute atomic E-state index is 0.229. The van der Waals surface area contributed by atoms with Gasteiger partial charge in [0.1, 0.15) is 11.4 Å². The summed E-state index contributed by atoms with van der Waals surface area (Å²) in [5, 5.41) is 8.16. The molecule has 0 bridgehead atoms. The van der Waals surface area contributed by atoms with Crippen molar-refractivity contribution in [3.63, 3.8) is 0 Å². The van der Waals surface area contributed by atoms with Crippen LogP contribution >= 0.6 is 0 Å². The van der Waals surface area contributed by atoms with Crippen molar-refractivity contribution in [3.8, 4) is 16.9 Å². The van der Waals surface area contributed by atoms with Crippen LogP contribution in [-0.4, -0.2) is 65.0 Å². The molecule has 1 N–H and O–H groups in total. The van der Waals surface area contributed by atoms with Gasteiger partial charge < -0.3 is 14.4 Å². The highest BCUT2D eigenvalue weighted by atomic mass is 16.6. The van der Waals surface area contributed by atoms with Crippen LogP contribution in [-0.2, 0) is 11.3 Å². The van der Waals surface area contributed by atoms with E-state index in [1.165, 1.54) is 5.56 Å². The Morgan fingerprint density at radius 3 is 2.58 bits per heavy atom. The Labute approximate surface area is 182 Å². The van der Waals surface area contributed by atoms with E-state index in [2.05, 4.69) is 45.4 Å². The third-order valence-corrected chi connectivity index (χ3v) is 5.45. The molecule has 4 rings (SSSR count). The van der Waals surface area contributed by atoms with Crippen LogP contribution < -0.4 is 4.74 Å². The largest absolute Gasteiger partial charge is 0.496 e. The number of nitrogens with zero attached hydrogens (tertiary/aromatic N) is 3. The molecule has 1 aliphatic rings. The lowest BCUT2D eigenvalue weighted by atomic mass is 10.0. The van der Waals surface area contributed by atoms with Crippen LogP contribution in [0, 0.1) is 0 Å². The molecule has 2 heterocycles. The minimum atomic E-state index is -0.464. The fourth-order valence-corrected chi connectivity index (χ4v) is 3.86. The lowest BCUT2D eigenvalue weighted by Crippen LogP contribution is -2.49. The number of H-pyrrole nitrogens is 1. The van der Waals surface area contributed by atoms with E-state index in [0.717, 1.165) is 47.4 Å². The van der Waals surface area contributed by atoms with Gasteiger partial charge >= 0.3 is 6.09 Å². The maximum absolute atomic E-state index is 12.3. The van der Waals surface area contributed by atoms with E-state index in [0.29, 0.717) is 13.1 Å². The summed E-state index contributed by atoms with van der Waals surface area (Å²) in [5.41, 5.74) is 3.90. The zero-order valence-corrected chi connectivity index (χ0v) is 18.6. The van der Waals surface area contributed by atoms with Gasteiger partial charge in [0.2, 0.25) is 0 Å². The maximum Gasteiger partial charge on any atom is 0.410 e. The molecule has 1 aromatic heterocycles. The summed E-state index contributed by atoms with van der Waals surface area (Å²) in [4.78, 5) is 16.4. The minimum Gasteiger partial charge on any atom is -0.496 e. The normalized spacial score (nSPS) is 15.3. The van der Waals surface area contributed by atoms with E-state index in [1.54, 1.807) is 12.0 Å². The second-order valence-corrected chi connectivity index (χ2v) is 8.95. The van der Waals surface area contributed by atoms with Gasteiger partial charge in [0.15, 0.2) is 0 Å². The standard InChI is InChI=1S/C24H30N4O3/c1-24(2,3)31-23(29)28-11-9-27(10-12-28)16-17-5-7-20(22(13-17)30-4)18-6-8-21-19(14-18)15-25-26-21/h5-8,13-15H,9-12,16H2,1-4H3,(H,25,26). The number of carbonyl (C=O) groups excluding carboxylic acids is 1. The Bertz CT molecular complexity index is 1060. The molecule has 164 valence electrons. The molecule has 2 aromatic carbocycles. The SMILES string of the molecule is COc1cc(CN2CCN(C(=O)OC(C)(C)C)CC2)ccc1-c1ccc2[nH]ncc2c1. The molecular weight excluding hydrogens is 392 g/mol. The summed E-state index contributed by atoms with van der Waals surface area (Å²) >= 11 is 0. The first-order chi connectivity index (χ1) is 14.8. The Morgan fingerprint density at radius 1 is 1.10 bits per heavy atom. The Morgan fingerprint density at radius 2 is 1.87 bits per heavy atom. The summed E-state index contributed by atoms with van der Waals surface area (Å²) in [6.45, 7) is 9.49.